The summed E-state index contributed by atoms with van der Waals surface area (Å²) in [5.74, 6) is 0.400. The highest BCUT2D eigenvalue weighted by molar-refractivity contribution is 5.60. The number of hydrogen-bond donors (Lipinski definition) is 1. The fourth-order valence-electron chi connectivity index (χ4n) is 2.20. The molecule has 0 aliphatic carbocycles. The van der Waals surface area contributed by atoms with Crippen molar-refractivity contribution in [1.29, 1.82) is 0 Å². The molecule has 2 rings (SSSR count). The van der Waals surface area contributed by atoms with Crippen LogP contribution < -0.4 is 5.32 Å². The first-order valence-electron chi connectivity index (χ1n) is 6.84. The fourth-order valence-corrected chi connectivity index (χ4v) is 2.20. The Morgan fingerprint density at radius 2 is 2.10 bits per heavy atom. The maximum Gasteiger partial charge on any atom is 0.304 e. The lowest BCUT2D eigenvalue weighted by Gasteiger charge is -2.12. The maximum absolute atomic E-state index is 13.6. The topological polar surface area (TPSA) is 68.3 Å². The molecule has 1 aromatic heterocycles. The third-order valence-electron chi connectivity index (χ3n) is 3.26. The molecule has 112 valence electrons. The smallest absolute Gasteiger partial charge is 0.304 e. The van der Waals surface area contributed by atoms with E-state index >= 15 is 0 Å². The molecule has 5 nitrogen and oxygen atoms in total. The summed E-state index contributed by atoms with van der Waals surface area (Å²) in [5, 5.41) is 13.9. The molecule has 0 saturated heterocycles. The Balaban J connectivity index is 2.29. The van der Waals surface area contributed by atoms with Gasteiger partial charge in [-0.25, -0.2) is 0 Å². The molecule has 0 bridgehead atoms. The molecule has 1 atom stereocenters. The summed E-state index contributed by atoms with van der Waals surface area (Å²) in [4.78, 5) is 9.86. The molecule has 0 aliphatic rings. The van der Waals surface area contributed by atoms with Crippen LogP contribution in [0.25, 0.3) is 11.3 Å². The normalized spacial score (nSPS) is 12.3. The number of nitro benzene ring substituents is 1. The number of hydrogen-bond acceptors (Lipinski definition) is 4. The minimum atomic E-state index is -0.867. The second-order valence-corrected chi connectivity index (χ2v) is 4.64. The molecule has 21 heavy (non-hydrogen) atoms. The van der Waals surface area contributed by atoms with E-state index < -0.39 is 16.4 Å². The van der Waals surface area contributed by atoms with E-state index in [1.165, 1.54) is 6.07 Å². The molecule has 0 aliphatic heterocycles. The van der Waals surface area contributed by atoms with E-state index in [2.05, 4.69) is 5.32 Å². The molecule has 0 amide bonds. The molecule has 0 spiro atoms. The minimum Gasteiger partial charge on any atom is -0.459 e. The summed E-state index contributed by atoms with van der Waals surface area (Å²) in [7, 11) is 0. The number of nitro groups is 1. The Morgan fingerprint density at radius 1 is 1.33 bits per heavy atom. The van der Waals surface area contributed by atoms with Gasteiger partial charge in [0.25, 0.3) is 0 Å². The zero-order chi connectivity index (χ0) is 15.4. The summed E-state index contributed by atoms with van der Waals surface area (Å²) >= 11 is 0. The van der Waals surface area contributed by atoms with E-state index in [1.807, 2.05) is 19.9 Å². The van der Waals surface area contributed by atoms with Crippen molar-refractivity contribution in [1.82, 2.24) is 5.32 Å². The van der Waals surface area contributed by atoms with Crippen molar-refractivity contribution >= 4 is 5.69 Å². The highest BCUT2D eigenvalue weighted by atomic mass is 19.1. The molecule has 1 N–H and O–H groups in total. The first kappa shape index (κ1) is 15.2. The largest absolute Gasteiger partial charge is 0.459 e. The summed E-state index contributed by atoms with van der Waals surface area (Å²) in [5.41, 5.74) is -0.0553. The van der Waals surface area contributed by atoms with E-state index in [-0.39, 0.29) is 6.04 Å². The highest BCUT2D eigenvalue weighted by Crippen LogP contribution is 2.29. The molecule has 0 fully saturated rings. The van der Waals surface area contributed by atoms with Gasteiger partial charge in [-0.15, -0.1) is 0 Å². The Labute approximate surface area is 121 Å². The van der Waals surface area contributed by atoms with Crippen LogP contribution in [0, 0.1) is 15.9 Å². The molecule has 0 radical (unpaired) electrons. The third kappa shape index (κ3) is 3.28. The van der Waals surface area contributed by atoms with Gasteiger partial charge in [-0.05, 0) is 37.2 Å². The summed E-state index contributed by atoms with van der Waals surface area (Å²) in [6.07, 6.45) is 0.870. The van der Waals surface area contributed by atoms with Gasteiger partial charge in [0, 0.05) is 11.6 Å². The van der Waals surface area contributed by atoms with Crippen LogP contribution >= 0.6 is 0 Å². The van der Waals surface area contributed by atoms with Gasteiger partial charge in [0.05, 0.1) is 11.0 Å². The van der Waals surface area contributed by atoms with Crippen molar-refractivity contribution in [3.8, 4) is 11.3 Å². The van der Waals surface area contributed by atoms with E-state index in [0.29, 0.717) is 11.3 Å². The Kier molecular flexibility index (Phi) is 4.70. The number of furan rings is 1. The van der Waals surface area contributed by atoms with Crippen molar-refractivity contribution in [2.75, 3.05) is 6.54 Å². The molecular formula is C15H17FN2O3. The quantitative estimate of drug-likeness (QED) is 0.644. The van der Waals surface area contributed by atoms with Gasteiger partial charge in [-0.1, -0.05) is 13.8 Å². The Hall–Kier alpha value is -2.21. The van der Waals surface area contributed by atoms with Crippen molar-refractivity contribution in [2.45, 2.75) is 26.3 Å². The van der Waals surface area contributed by atoms with Gasteiger partial charge in [-0.2, -0.15) is 4.39 Å². The summed E-state index contributed by atoms with van der Waals surface area (Å²) in [6, 6.07) is 7.44. The predicted molar refractivity (Wildman–Crippen MR) is 77.5 cm³/mol. The number of nitrogens with one attached hydrogen (secondary N) is 1. The average molecular weight is 292 g/mol. The molecule has 1 unspecified atom stereocenters. The zero-order valence-corrected chi connectivity index (χ0v) is 11.9. The zero-order valence-electron chi connectivity index (χ0n) is 11.9. The van der Waals surface area contributed by atoms with Crippen LogP contribution in [0.4, 0.5) is 10.1 Å². The van der Waals surface area contributed by atoms with Gasteiger partial charge >= 0.3 is 5.69 Å². The second-order valence-electron chi connectivity index (χ2n) is 4.64. The minimum absolute atomic E-state index is 0.103. The molecule has 2 aromatic rings. The first-order chi connectivity index (χ1) is 10.1. The van der Waals surface area contributed by atoms with E-state index in [0.717, 1.165) is 30.9 Å². The van der Waals surface area contributed by atoms with Gasteiger partial charge in [0.2, 0.25) is 5.82 Å². The van der Waals surface area contributed by atoms with E-state index in [9.17, 15) is 14.5 Å². The van der Waals surface area contributed by atoms with Crippen molar-refractivity contribution in [2.24, 2.45) is 0 Å². The third-order valence-corrected chi connectivity index (χ3v) is 3.26. The first-order valence-corrected chi connectivity index (χ1v) is 6.84. The Bertz CT molecular complexity index is 640. The molecule has 1 heterocycles. The number of halogens is 1. The molecule has 1 aromatic carbocycles. The number of rotatable bonds is 6. The van der Waals surface area contributed by atoms with Crippen LogP contribution in [-0.4, -0.2) is 11.5 Å². The standard InChI is InChI=1S/C15H17FN2O3/c1-3-12(17-4-2)15-8-7-14(21-15)10-5-6-13(18(19)20)11(16)9-10/h5-9,12,17H,3-4H2,1-2H3. The van der Waals surface area contributed by atoms with E-state index in [4.69, 9.17) is 4.42 Å². The lowest BCUT2D eigenvalue weighted by molar-refractivity contribution is -0.387. The second kappa shape index (κ2) is 6.49. The van der Waals surface area contributed by atoms with Crippen molar-refractivity contribution in [3.05, 3.63) is 52.0 Å². The summed E-state index contributed by atoms with van der Waals surface area (Å²) in [6.45, 7) is 4.87. The monoisotopic (exact) mass is 292 g/mol. The van der Waals surface area contributed by atoms with E-state index in [1.54, 1.807) is 6.07 Å². The highest BCUT2D eigenvalue weighted by Gasteiger charge is 2.17. The Morgan fingerprint density at radius 3 is 2.67 bits per heavy atom. The lowest BCUT2D eigenvalue weighted by atomic mass is 10.1. The van der Waals surface area contributed by atoms with Gasteiger partial charge in [0.1, 0.15) is 11.5 Å². The van der Waals surface area contributed by atoms with Crippen LogP contribution in [0.15, 0.2) is 34.7 Å². The molecule has 0 saturated carbocycles. The van der Waals surface area contributed by atoms with Crippen LogP contribution in [-0.2, 0) is 0 Å². The fraction of sp³-hybridized carbons (Fsp3) is 0.333. The predicted octanol–water partition coefficient (Wildman–Crippen LogP) is 4.05. The van der Waals surface area contributed by atoms with Crippen LogP contribution in [0.1, 0.15) is 32.1 Å². The van der Waals surface area contributed by atoms with Gasteiger partial charge < -0.3 is 9.73 Å². The van der Waals surface area contributed by atoms with Crippen molar-refractivity contribution in [3.63, 3.8) is 0 Å². The lowest BCUT2D eigenvalue weighted by Crippen LogP contribution is -2.19. The molecular weight excluding hydrogens is 275 g/mol. The molecule has 6 heteroatoms. The summed E-state index contributed by atoms with van der Waals surface area (Å²) < 4.78 is 19.4. The number of benzene rings is 1. The SMILES string of the molecule is CCNC(CC)c1ccc(-c2ccc([N+](=O)[O-])c(F)c2)o1. The van der Waals surface area contributed by atoms with Gasteiger partial charge in [0.15, 0.2) is 0 Å². The van der Waals surface area contributed by atoms with Crippen molar-refractivity contribution < 1.29 is 13.7 Å². The number of nitrogens with zero attached hydrogens (tertiary/aromatic N) is 1. The van der Waals surface area contributed by atoms with Crippen LogP contribution in [0.3, 0.4) is 0 Å². The van der Waals surface area contributed by atoms with Gasteiger partial charge in [-0.3, -0.25) is 10.1 Å². The van der Waals surface area contributed by atoms with Crippen LogP contribution in [0.5, 0.6) is 0 Å². The van der Waals surface area contributed by atoms with Crippen LogP contribution in [0.2, 0.25) is 0 Å². The maximum atomic E-state index is 13.6. The average Bonchev–Trinajstić information content (AvgIpc) is 2.93.